The summed E-state index contributed by atoms with van der Waals surface area (Å²) in [6.45, 7) is 0. The molecule has 0 aliphatic carbocycles. The molecule has 0 aliphatic heterocycles. The number of phenols is 1. The number of rotatable bonds is 0. The van der Waals surface area contributed by atoms with Gasteiger partial charge < -0.3 is 13.7 Å². The molecule has 0 heterocycles. The van der Waals surface area contributed by atoms with Gasteiger partial charge in [-0.3, -0.25) is 0 Å². The topological polar surface area (TPSA) is 20.2 Å². The van der Waals surface area contributed by atoms with Crippen LogP contribution in [0.4, 0.5) is 0 Å². The summed E-state index contributed by atoms with van der Waals surface area (Å²) in [5.74, 6) is 0.322. The quantitative estimate of drug-likeness (QED) is 0.645. The summed E-state index contributed by atoms with van der Waals surface area (Å²) in [6, 6.07) is 8.71. The number of hydrogen-bond acceptors (Lipinski definition) is 1. The van der Waals surface area contributed by atoms with Crippen molar-refractivity contribution in [3.63, 3.8) is 0 Å². The molecule has 0 aromatic heterocycles. The van der Waals surface area contributed by atoms with Crippen LogP contribution in [-0.4, -0.2) is 118 Å². The summed E-state index contributed by atoms with van der Waals surface area (Å²) in [5.41, 5.74) is 0. The SMILES string of the molecule is Oc1ccccc1.[Ca+2].[Ca+2].[Ca+2].[H-].[H-].[H-].[H-].[H-].[H-]. The number of aromatic hydroxyl groups is 1. The smallest absolute Gasteiger partial charge is 1.00 e. The first-order valence-electron chi connectivity index (χ1n) is 2.13. The van der Waals surface area contributed by atoms with Crippen LogP contribution >= 0.6 is 0 Å². The third kappa shape index (κ3) is 8.89. The molecule has 0 aliphatic rings. The molecule has 1 nitrogen and oxygen atoms in total. The Balaban J connectivity index is -0.00000000778. The van der Waals surface area contributed by atoms with Crippen molar-refractivity contribution in [2.45, 2.75) is 0 Å². The monoisotopic (exact) mass is 220 g/mol. The summed E-state index contributed by atoms with van der Waals surface area (Å²) < 4.78 is 0. The van der Waals surface area contributed by atoms with Gasteiger partial charge in [-0.15, -0.1) is 0 Å². The van der Waals surface area contributed by atoms with Crippen molar-refractivity contribution >= 4 is 113 Å². The molecule has 1 aromatic carbocycles. The zero-order chi connectivity index (χ0) is 5.11. The van der Waals surface area contributed by atoms with Crippen LogP contribution < -0.4 is 0 Å². The fraction of sp³-hybridized carbons (Fsp3) is 0. The van der Waals surface area contributed by atoms with Crippen molar-refractivity contribution < 1.29 is 13.7 Å². The molecule has 4 heteroatoms. The van der Waals surface area contributed by atoms with Crippen LogP contribution in [-0.2, 0) is 0 Å². The van der Waals surface area contributed by atoms with E-state index in [1.54, 1.807) is 24.3 Å². The maximum atomic E-state index is 8.63. The zero-order valence-electron chi connectivity index (χ0n) is 12.0. The second-order valence-corrected chi connectivity index (χ2v) is 1.34. The van der Waals surface area contributed by atoms with Gasteiger partial charge >= 0.3 is 113 Å². The minimum absolute atomic E-state index is 0. The van der Waals surface area contributed by atoms with Crippen LogP contribution in [0.3, 0.4) is 0 Å². The van der Waals surface area contributed by atoms with Gasteiger partial charge in [0, 0.05) is 0 Å². The van der Waals surface area contributed by atoms with Gasteiger partial charge in [0.05, 0.1) is 0 Å². The van der Waals surface area contributed by atoms with Crippen LogP contribution in [0.1, 0.15) is 8.56 Å². The normalized spacial score (nSPS) is 6.00. The maximum Gasteiger partial charge on any atom is 2.00 e. The Morgan fingerprint density at radius 1 is 0.900 bits per heavy atom. The van der Waals surface area contributed by atoms with Crippen molar-refractivity contribution in [1.82, 2.24) is 0 Å². The van der Waals surface area contributed by atoms with Crippen LogP contribution in [0.25, 0.3) is 0 Å². The van der Waals surface area contributed by atoms with E-state index in [-0.39, 0.29) is 122 Å². The largest absolute Gasteiger partial charge is 2.00 e. The molecule has 0 bridgehead atoms. The van der Waals surface area contributed by atoms with E-state index in [9.17, 15) is 0 Å². The summed E-state index contributed by atoms with van der Waals surface area (Å²) in [6.07, 6.45) is 0. The van der Waals surface area contributed by atoms with E-state index in [0.29, 0.717) is 5.75 Å². The molecule has 0 saturated heterocycles. The molecular weight excluding hydrogens is 208 g/mol. The van der Waals surface area contributed by atoms with Crippen molar-refractivity contribution in [1.29, 1.82) is 0 Å². The summed E-state index contributed by atoms with van der Waals surface area (Å²) in [5, 5.41) is 8.63. The molecule has 0 atom stereocenters. The maximum absolute atomic E-state index is 8.63. The van der Waals surface area contributed by atoms with E-state index in [0.717, 1.165) is 0 Å². The Labute approximate surface area is 159 Å². The van der Waals surface area contributed by atoms with Gasteiger partial charge in [0.25, 0.3) is 0 Å². The average molecular weight is 220 g/mol. The first-order valence-corrected chi connectivity index (χ1v) is 2.13. The molecule has 0 unspecified atom stereocenters. The van der Waals surface area contributed by atoms with Crippen LogP contribution in [0.2, 0.25) is 0 Å². The van der Waals surface area contributed by atoms with E-state index < -0.39 is 0 Å². The minimum atomic E-state index is 0. The van der Waals surface area contributed by atoms with Crippen LogP contribution in [0.5, 0.6) is 5.75 Å². The summed E-state index contributed by atoms with van der Waals surface area (Å²) in [7, 11) is 0. The molecule has 0 radical (unpaired) electrons. The molecule has 1 rings (SSSR count). The van der Waals surface area contributed by atoms with E-state index in [1.807, 2.05) is 6.07 Å². The number of para-hydroxylation sites is 1. The zero-order valence-corrected chi connectivity index (χ0v) is 12.6. The Kier molecular flexibility index (Phi) is 21.9. The molecular formula is C6H12Ca3O. The minimum Gasteiger partial charge on any atom is -1.00 e. The Morgan fingerprint density at radius 3 is 1.50 bits per heavy atom. The van der Waals surface area contributed by atoms with Crippen LogP contribution in [0, 0.1) is 0 Å². The standard InChI is InChI=1S/C6H6O.3Ca.6H/c7-6-4-2-1-3-5-6;;;;;;;;;/h1-5,7H;;;;;;;;;/q;3*+2;6*-1. The molecule has 0 spiro atoms. The Bertz CT molecular complexity index is 158. The van der Waals surface area contributed by atoms with Crippen molar-refractivity contribution in [3.05, 3.63) is 30.3 Å². The van der Waals surface area contributed by atoms with Gasteiger partial charge in [-0.25, -0.2) is 0 Å². The molecule has 1 aromatic rings. The van der Waals surface area contributed by atoms with Gasteiger partial charge in [0.15, 0.2) is 0 Å². The van der Waals surface area contributed by atoms with E-state index in [1.165, 1.54) is 0 Å². The van der Waals surface area contributed by atoms with Crippen molar-refractivity contribution in [2.24, 2.45) is 0 Å². The Hall–Kier alpha value is 2.80. The second kappa shape index (κ2) is 11.8. The number of hydrogen-bond donors (Lipinski definition) is 1. The van der Waals surface area contributed by atoms with E-state index >= 15 is 0 Å². The fourth-order valence-corrected chi connectivity index (χ4v) is 0.428. The summed E-state index contributed by atoms with van der Waals surface area (Å²) >= 11 is 0. The number of benzene rings is 1. The molecule has 0 fully saturated rings. The first-order chi connectivity index (χ1) is 3.39. The Morgan fingerprint density at radius 2 is 1.30 bits per heavy atom. The predicted molar refractivity (Wildman–Crippen MR) is 52.0 cm³/mol. The molecule has 0 saturated carbocycles. The molecule has 48 valence electrons. The van der Waals surface area contributed by atoms with Gasteiger partial charge in [0.1, 0.15) is 5.75 Å². The van der Waals surface area contributed by atoms with Gasteiger partial charge in [-0.2, -0.15) is 0 Å². The van der Waals surface area contributed by atoms with E-state index in [4.69, 9.17) is 5.11 Å². The van der Waals surface area contributed by atoms with Crippen molar-refractivity contribution in [3.8, 4) is 5.75 Å². The van der Waals surface area contributed by atoms with Crippen LogP contribution in [0.15, 0.2) is 30.3 Å². The third-order valence-electron chi connectivity index (χ3n) is 0.756. The molecule has 10 heavy (non-hydrogen) atoms. The van der Waals surface area contributed by atoms with Gasteiger partial charge in [-0.05, 0) is 12.1 Å². The first kappa shape index (κ1) is 18.6. The van der Waals surface area contributed by atoms with Crippen molar-refractivity contribution in [2.75, 3.05) is 0 Å². The predicted octanol–water partition coefficient (Wildman–Crippen LogP) is 0.925. The van der Waals surface area contributed by atoms with Gasteiger partial charge in [-0.1, -0.05) is 18.2 Å². The summed E-state index contributed by atoms with van der Waals surface area (Å²) in [4.78, 5) is 0. The van der Waals surface area contributed by atoms with Gasteiger partial charge in [0.2, 0.25) is 0 Å². The average Bonchev–Trinajstić information content (AvgIpc) is 1.69. The number of phenolic OH excluding ortho intramolecular Hbond substituents is 1. The second-order valence-electron chi connectivity index (χ2n) is 1.34. The molecule has 0 amide bonds. The fourth-order valence-electron chi connectivity index (χ4n) is 0.428. The molecule has 1 N–H and O–H groups in total. The van der Waals surface area contributed by atoms with E-state index in [2.05, 4.69) is 0 Å². The third-order valence-corrected chi connectivity index (χ3v) is 0.756.